The third kappa shape index (κ3) is 3.07. The topological polar surface area (TPSA) is 6.48 Å². The molecule has 4 aliphatic rings. The lowest BCUT2D eigenvalue weighted by molar-refractivity contribution is 0.550. The molecule has 6 aromatic rings. The summed E-state index contributed by atoms with van der Waals surface area (Å²) in [5.41, 5.74) is 17.8. The highest BCUT2D eigenvalue weighted by Crippen LogP contribution is 2.61. The minimum Gasteiger partial charge on any atom is -0.311 e. The molecule has 2 nitrogen and oxygen atoms in total. The Balaban J connectivity index is 1.41. The van der Waals surface area contributed by atoms with Crippen molar-refractivity contribution in [2.45, 2.75) is 31.1 Å². The van der Waals surface area contributed by atoms with Crippen molar-refractivity contribution < 1.29 is 0 Å². The number of para-hydroxylation sites is 4. The van der Waals surface area contributed by atoms with Gasteiger partial charge in [-0.3, -0.25) is 0 Å². The van der Waals surface area contributed by atoms with Gasteiger partial charge in [-0.15, -0.1) is 0 Å². The first-order valence-corrected chi connectivity index (χ1v) is 16.0. The minimum atomic E-state index is 0.0611. The molecule has 2 heterocycles. The van der Waals surface area contributed by atoms with Gasteiger partial charge < -0.3 is 9.80 Å². The van der Waals surface area contributed by atoms with E-state index in [1.54, 1.807) is 0 Å². The summed E-state index contributed by atoms with van der Waals surface area (Å²) in [5.74, 6) is 0. The van der Waals surface area contributed by atoms with Gasteiger partial charge in [0.2, 0.25) is 0 Å². The molecule has 0 bridgehead atoms. The lowest BCUT2D eigenvalue weighted by Crippen LogP contribution is -2.61. The molecule has 2 aliphatic heterocycles. The summed E-state index contributed by atoms with van der Waals surface area (Å²) >= 11 is 0. The lowest BCUT2D eigenvalue weighted by Gasteiger charge is -2.45. The Kier molecular flexibility index (Phi) is 5.00. The van der Waals surface area contributed by atoms with E-state index in [4.69, 9.17) is 0 Å². The Hall–Kier alpha value is -5.02. The predicted octanol–water partition coefficient (Wildman–Crippen LogP) is 8.61. The standard InChI is InChI=1S/C41H31BN2/c1-3-15-28(16-4-1)43-35-23-11-9-21-33(35)42-34-22-10-12-24-36(34)44(29-17-5-2-6-18-29)40-38-30-19-7-8-20-31(30)41(25-13-14-26-41)32(38)27-37(43)39(40)42/h1-12,15-24,27H,13-14,25-26H2. The number of benzene rings is 6. The van der Waals surface area contributed by atoms with Crippen molar-refractivity contribution >= 4 is 57.2 Å². The number of rotatable bonds is 2. The third-order valence-electron chi connectivity index (χ3n) is 10.8. The fraction of sp³-hybridized carbons (Fsp3) is 0.122. The molecule has 1 fully saturated rings. The quantitative estimate of drug-likeness (QED) is 0.195. The van der Waals surface area contributed by atoms with Crippen molar-refractivity contribution in [2.75, 3.05) is 9.80 Å². The van der Waals surface area contributed by atoms with Crippen molar-refractivity contribution in [2.24, 2.45) is 0 Å². The molecule has 208 valence electrons. The Bertz CT molecular complexity index is 2080. The van der Waals surface area contributed by atoms with E-state index in [1.807, 2.05) is 0 Å². The van der Waals surface area contributed by atoms with Gasteiger partial charge in [0.05, 0.1) is 5.69 Å². The zero-order valence-corrected chi connectivity index (χ0v) is 24.6. The molecule has 0 aromatic heterocycles. The maximum atomic E-state index is 2.62. The van der Waals surface area contributed by atoms with E-state index in [-0.39, 0.29) is 12.1 Å². The largest absolute Gasteiger partial charge is 0.311 e. The van der Waals surface area contributed by atoms with Gasteiger partial charge >= 0.3 is 0 Å². The van der Waals surface area contributed by atoms with Crippen LogP contribution in [0.3, 0.4) is 0 Å². The van der Waals surface area contributed by atoms with Crippen LogP contribution in [0.4, 0.5) is 34.1 Å². The fourth-order valence-corrected chi connectivity index (χ4v) is 9.10. The summed E-state index contributed by atoms with van der Waals surface area (Å²) < 4.78 is 0. The highest BCUT2D eigenvalue weighted by atomic mass is 15.2. The number of hydrogen-bond donors (Lipinski definition) is 0. The Morgan fingerprint density at radius 3 is 1.73 bits per heavy atom. The first kappa shape index (κ1) is 24.4. The summed E-state index contributed by atoms with van der Waals surface area (Å²) in [6.45, 7) is 0.143. The molecule has 1 spiro atoms. The molecule has 0 atom stereocenters. The maximum Gasteiger partial charge on any atom is 0.252 e. The minimum absolute atomic E-state index is 0.0611. The van der Waals surface area contributed by atoms with Crippen LogP contribution in [0.25, 0.3) is 11.1 Å². The molecular formula is C41H31BN2. The van der Waals surface area contributed by atoms with Crippen molar-refractivity contribution in [3.05, 3.63) is 151 Å². The normalized spacial score (nSPS) is 16.3. The number of anilines is 6. The van der Waals surface area contributed by atoms with Gasteiger partial charge in [-0.25, -0.2) is 0 Å². The van der Waals surface area contributed by atoms with Gasteiger partial charge in [-0.1, -0.05) is 110 Å². The van der Waals surface area contributed by atoms with Crippen molar-refractivity contribution in [1.29, 1.82) is 0 Å². The summed E-state index contributed by atoms with van der Waals surface area (Å²) in [7, 11) is 0. The second-order valence-electron chi connectivity index (χ2n) is 12.8. The molecule has 0 saturated heterocycles. The SMILES string of the molecule is c1ccc(N2c3ccccc3B3c4ccccc4N(c4ccccc4)c4c3c2cc2c4-c3ccccc3C23CCCC3)cc1. The van der Waals surface area contributed by atoms with Crippen molar-refractivity contribution in [3.8, 4) is 11.1 Å². The molecule has 0 N–H and O–H groups in total. The van der Waals surface area contributed by atoms with Crippen LogP contribution in [0.5, 0.6) is 0 Å². The second-order valence-corrected chi connectivity index (χ2v) is 12.8. The molecule has 0 amide bonds. The number of hydrogen-bond acceptors (Lipinski definition) is 2. The Morgan fingerprint density at radius 1 is 0.500 bits per heavy atom. The predicted molar refractivity (Wildman–Crippen MR) is 185 cm³/mol. The van der Waals surface area contributed by atoms with Crippen LogP contribution in [0.2, 0.25) is 0 Å². The van der Waals surface area contributed by atoms with E-state index in [2.05, 4.69) is 149 Å². The summed E-state index contributed by atoms with van der Waals surface area (Å²) in [4.78, 5) is 5.14. The van der Waals surface area contributed by atoms with Crippen LogP contribution in [0.15, 0.2) is 140 Å². The van der Waals surface area contributed by atoms with Gasteiger partial charge in [-0.05, 0) is 88.4 Å². The van der Waals surface area contributed by atoms with E-state index >= 15 is 0 Å². The van der Waals surface area contributed by atoms with Crippen LogP contribution >= 0.6 is 0 Å². The van der Waals surface area contributed by atoms with Crippen LogP contribution in [-0.2, 0) is 5.41 Å². The number of nitrogens with zero attached hydrogens (tertiary/aromatic N) is 2. The van der Waals surface area contributed by atoms with Gasteiger partial charge in [0.1, 0.15) is 0 Å². The van der Waals surface area contributed by atoms with Crippen molar-refractivity contribution in [3.63, 3.8) is 0 Å². The van der Waals surface area contributed by atoms with E-state index in [0.717, 1.165) is 0 Å². The Labute approximate surface area is 259 Å². The molecule has 6 aromatic carbocycles. The maximum absolute atomic E-state index is 2.62. The third-order valence-corrected chi connectivity index (χ3v) is 10.8. The monoisotopic (exact) mass is 562 g/mol. The molecule has 0 radical (unpaired) electrons. The average Bonchev–Trinajstić information content (AvgIpc) is 3.69. The molecule has 1 saturated carbocycles. The van der Waals surface area contributed by atoms with Crippen LogP contribution in [0.1, 0.15) is 36.8 Å². The van der Waals surface area contributed by atoms with E-state index in [9.17, 15) is 0 Å². The summed E-state index contributed by atoms with van der Waals surface area (Å²) in [6.07, 6.45) is 4.98. The van der Waals surface area contributed by atoms with E-state index in [1.165, 1.54) is 98.4 Å². The highest BCUT2D eigenvalue weighted by Gasteiger charge is 2.51. The molecule has 10 rings (SSSR count). The Morgan fingerprint density at radius 2 is 1.05 bits per heavy atom. The second kappa shape index (κ2) is 9.00. The summed E-state index contributed by atoms with van der Waals surface area (Å²) in [5, 5.41) is 0. The zero-order chi connectivity index (χ0) is 28.8. The van der Waals surface area contributed by atoms with Crippen molar-refractivity contribution in [1.82, 2.24) is 0 Å². The smallest absolute Gasteiger partial charge is 0.252 e. The molecule has 2 aliphatic carbocycles. The fourth-order valence-electron chi connectivity index (χ4n) is 9.10. The van der Waals surface area contributed by atoms with Gasteiger partial charge in [0.15, 0.2) is 0 Å². The molecule has 3 heteroatoms. The van der Waals surface area contributed by atoms with Gasteiger partial charge in [0.25, 0.3) is 6.71 Å². The van der Waals surface area contributed by atoms with Crippen LogP contribution < -0.4 is 26.2 Å². The average molecular weight is 563 g/mol. The van der Waals surface area contributed by atoms with Crippen LogP contribution in [0, 0.1) is 0 Å². The highest BCUT2D eigenvalue weighted by molar-refractivity contribution is 7.00. The first-order chi connectivity index (χ1) is 21.9. The van der Waals surface area contributed by atoms with Gasteiger partial charge in [0, 0.05) is 39.4 Å². The zero-order valence-electron chi connectivity index (χ0n) is 24.6. The summed E-state index contributed by atoms with van der Waals surface area (Å²) in [6, 6.07) is 52.2. The molecular weight excluding hydrogens is 531 g/mol. The van der Waals surface area contributed by atoms with E-state index in [0.29, 0.717) is 0 Å². The molecule has 44 heavy (non-hydrogen) atoms. The van der Waals surface area contributed by atoms with Crippen LogP contribution in [-0.4, -0.2) is 6.71 Å². The lowest BCUT2D eigenvalue weighted by atomic mass is 9.33. The van der Waals surface area contributed by atoms with Gasteiger partial charge in [-0.2, -0.15) is 0 Å². The number of fused-ring (bicyclic) bond motifs is 10. The molecule has 0 unspecified atom stereocenters. The van der Waals surface area contributed by atoms with E-state index < -0.39 is 0 Å². The first-order valence-electron chi connectivity index (χ1n) is 16.0.